The van der Waals surface area contributed by atoms with Crippen LogP contribution in [-0.4, -0.2) is 106 Å². The lowest BCUT2D eigenvalue weighted by molar-refractivity contribution is -0.136. The first kappa shape index (κ1) is 40.7. The predicted molar refractivity (Wildman–Crippen MR) is 221 cm³/mol. The van der Waals surface area contributed by atoms with Crippen molar-refractivity contribution in [1.29, 1.82) is 0 Å². The van der Waals surface area contributed by atoms with Gasteiger partial charge in [-0.25, -0.2) is 19.6 Å². The van der Waals surface area contributed by atoms with Crippen LogP contribution in [0.2, 0.25) is 0 Å². The molecule has 0 saturated carbocycles. The van der Waals surface area contributed by atoms with Crippen LogP contribution in [0.25, 0.3) is 33.6 Å². The van der Waals surface area contributed by atoms with E-state index in [0.717, 1.165) is 94.8 Å². The summed E-state index contributed by atoms with van der Waals surface area (Å²) in [6, 6.07) is 6.48. The number of amides is 4. The van der Waals surface area contributed by atoms with E-state index in [9.17, 15) is 19.2 Å². The Labute approximate surface area is 349 Å². The monoisotopic (exact) mass is 822 g/mol. The van der Waals surface area contributed by atoms with Crippen molar-refractivity contribution in [2.45, 2.75) is 90.4 Å². The molecule has 2 fully saturated rings. The minimum atomic E-state index is -0.713. The van der Waals surface area contributed by atoms with Crippen LogP contribution in [0.4, 0.5) is 9.59 Å². The molecule has 4 aliphatic heterocycles. The molecule has 4 aliphatic rings. The second kappa shape index (κ2) is 16.9. The minimum absolute atomic E-state index is 0.122. The molecule has 2 saturated heterocycles. The average Bonchev–Trinajstić information content (AvgIpc) is 4.10. The molecule has 16 heteroatoms. The number of benzene rings is 2. The summed E-state index contributed by atoms with van der Waals surface area (Å²) in [5.41, 5.74) is 7.79. The van der Waals surface area contributed by atoms with E-state index in [1.54, 1.807) is 11.1 Å². The molecule has 4 atom stereocenters. The minimum Gasteiger partial charge on any atom is -0.492 e. The Morgan fingerprint density at radius 2 is 1.10 bits per heavy atom. The van der Waals surface area contributed by atoms with Gasteiger partial charge in [0.05, 0.1) is 63.3 Å². The van der Waals surface area contributed by atoms with Crippen LogP contribution in [0, 0.1) is 11.8 Å². The summed E-state index contributed by atoms with van der Waals surface area (Å²) in [5, 5.41) is 5.42. The van der Waals surface area contributed by atoms with Crippen LogP contribution in [0.5, 0.6) is 11.5 Å². The zero-order valence-corrected chi connectivity index (χ0v) is 35.1. The summed E-state index contributed by atoms with van der Waals surface area (Å²) in [6.45, 7) is 9.86. The SMILES string of the molecule is COC(=O)N[C@H](C(=O)N1CCC[C@H]1c1ncc(-c2ccc(-c3ccc(-c4cnc([C@@H]5CCCN5C(=O)[C@@H](NC(=O)OC)C(C)C)[nH]4)c4c3CCO4)c3c2CCO3)[nH]1)C(C)C. The van der Waals surface area contributed by atoms with Gasteiger partial charge >= 0.3 is 12.2 Å². The molecule has 0 unspecified atom stereocenters. The van der Waals surface area contributed by atoms with Gasteiger partial charge in [-0.05, 0) is 55.2 Å². The molecule has 2 aromatic carbocycles. The maximum Gasteiger partial charge on any atom is 0.407 e. The normalized spacial score (nSPS) is 19.1. The summed E-state index contributed by atoms with van der Waals surface area (Å²) in [5.74, 6) is 2.49. The topological polar surface area (TPSA) is 193 Å². The molecule has 4 amide bonds. The molecule has 6 heterocycles. The number of alkyl carbamates (subject to hydrolysis) is 2. The first-order chi connectivity index (χ1) is 29.0. The van der Waals surface area contributed by atoms with E-state index in [2.05, 4.69) is 44.9 Å². The number of H-pyrrole nitrogens is 2. The Kier molecular flexibility index (Phi) is 11.5. The van der Waals surface area contributed by atoms with Crippen LogP contribution in [0.15, 0.2) is 36.7 Å². The van der Waals surface area contributed by atoms with Crippen molar-refractivity contribution in [3.63, 3.8) is 0 Å². The molecule has 4 aromatic rings. The van der Waals surface area contributed by atoms with Gasteiger partial charge in [-0.2, -0.15) is 0 Å². The van der Waals surface area contributed by atoms with E-state index < -0.39 is 24.3 Å². The van der Waals surface area contributed by atoms with Crippen molar-refractivity contribution in [3.05, 3.63) is 59.4 Å². The number of fused-ring (bicyclic) bond motifs is 2. The number of hydrogen-bond donors (Lipinski definition) is 4. The van der Waals surface area contributed by atoms with Gasteiger partial charge in [0, 0.05) is 53.7 Å². The quantitative estimate of drug-likeness (QED) is 0.138. The van der Waals surface area contributed by atoms with Gasteiger partial charge < -0.3 is 49.3 Å². The van der Waals surface area contributed by atoms with Crippen LogP contribution >= 0.6 is 0 Å². The molecule has 60 heavy (non-hydrogen) atoms. The Hall–Kier alpha value is -6.06. The fraction of sp³-hybridized carbons (Fsp3) is 0.500. The maximum absolute atomic E-state index is 13.7. The maximum atomic E-state index is 13.7. The highest BCUT2D eigenvalue weighted by Gasteiger charge is 2.39. The zero-order valence-electron chi connectivity index (χ0n) is 35.1. The largest absolute Gasteiger partial charge is 0.492 e. The molecular weight excluding hydrogens is 769 g/mol. The molecular formula is C44H54N8O8. The molecule has 0 bridgehead atoms. The molecule has 8 rings (SSSR count). The van der Waals surface area contributed by atoms with E-state index in [1.807, 2.05) is 38.8 Å². The van der Waals surface area contributed by atoms with E-state index in [4.69, 9.17) is 28.9 Å². The highest BCUT2D eigenvalue weighted by molar-refractivity contribution is 5.88. The van der Waals surface area contributed by atoms with Gasteiger partial charge in [0.25, 0.3) is 0 Å². The van der Waals surface area contributed by atoms with Crippen LogP contribution in [-0.2, 0) is 31.9 Å². The highest BCUT2D eigenvalue weighted by atomic mass is 16.5. The van der Waals surface area contributed by atoms with Crippen LogP contribution in [0.1, 0.15) is 88.2 Å². The molecule has 0 aliphatic carbocycles. The average molecular weight is 823 g/mol. The second-order valence-electron chi connectivity index (χ2n) is 16.6. The lowest BCUT2D eigenvalue weighted by Gasteiger charge is -2.30. The number of ether oxygens (including phenoxy) is 4. The van der Waals surface area contributed by atoms with E-state index >= 15 is 0 Å². The number of carbonyl (C=O) groups is 4. The third kappa shape index (κ3) is 7.51. The lowest BCUT2D eigenvalue weighted by Crippen LogP contribution is -2.51. The third-order valence-electron chi connectivity index (χ3n) is 12.3. The Bertz CT molecular complexity index is 2120. The number of rotatable bonds is 11. The number of likely N-dealkylation sites (tertiary alicyclic amines) is 2. The Morgan fingerprint density at radius 1 is 0.667 bits per heavy atom. The van der Waals surface area contributed by atoms with Crippen molar-refractivity contribution < 1.29 is 38.1 Å². The van der Waals surface area contributed by atoms with E-state index in [1.165, 1.54) is 14.2 Å². The first-order valence-corrected chi connectivity index (χ1v) is 21.0. The van der Waals surface area contributed by atoms with Crippen molar-refractivity contribution in [2.24, 2.45) is 11.8 Å². The summed E-state index contributed by atoms with van der Waals surface area (Å²) < 4.78 is 22.3. The number of nitrogens with one attached hydrogen (secondary N) is 4. The fourth-order valence-corrected chi connectivity index (χ4v) is 9.19. The van der Waals surface area contributed by atoms with Gasteiger partial charge in [0.2, 0.25) is 11.8 Å². The highest BCUT2D eigenvalue weighted by Crippen LogP contribution is 2.48. The lowest BCUT2D eigenvalue weighted by atomic mass is 9.91. The van der Waals surface area contributed by atoms with Gasteiger partial charge in [-0.1, -0.05) is 39.8 Å². The molecule has 16 nitrogen and oxygen atoms in total. The number of hydrogen-bond acceptors (Lipinski definition) is 10. The molecule has 4 N–H and O–H groups in total. The van der Waals surface area contributed by atoms with E-state index in [-0.39, 0.29) is 35.7 Å². The molecule has 0 spiro atoms. The third-order valence-corrected chi connectivity index (χ3v) is 12.3. The van der Waals surface area contributed by atoms with Crippen molar-refractivity contribution in [1.82, 2.24) is 40.4 Å². The number of methoxy groups -OCH3 is 2. The first-order valence-electron chi connectivity index (χ1n) is 21.0. The van der Waals surface area contributed by atoms with Gasteiger partial charge in [-0.15, -0.1) is 0 Å². The fourth-order valence-electron chi connectivity index (χ4n) is 9.19. The molecule has 318 valence electrons. The van der Waals surface area contributed by atoms with Gasteiger partial charge in [0.1, 0.15) is 35.2 Å². The van der Waals surface area contributed by atoms with E-state index in [0.29, 0.717) is 38.0 Å². The molecule has 0 radical (unpaired) electrons. The summed E-state index contributed by atoms with van der Waals surface area (Å²) in [6.07, 6.45) is 7.01. The standard InChI is InChI=1S/C44H54N8O8/c1-23(2)35(49-43(55)57-5)41(53)51-17-7-9-33(51)39-45-21-31(47-39)26-12-13-27(37-29(26)16-20-59-37)25-11-14-30(38-28(25)15-19-60-38)32-22-46-40(48-32)34-10-8-18-52(34)42(54)36(24(3)4)50-44(56)58-6/h11-14,21-24,33-36H,7-10,15-20H2,1-6H3,(H,45,47)(H,46,48)(H,49,55)(H,50,56)/t33-,34-,35-,36-/m0/s1. The zero-order chi connectivity index (χ0) is 42.2. The Balaban J connectivity index is 1.04. The Morgan fingerprint density at radius 3 is 1.60 bits per heavy atom. The predicted octanol–water partition coefficient (Wildman–Crippen LogP) is 6.09. The number of carbonyl (C=O) groups excluding carboxylic acids is 4. The summed E-state index contributed by atoms with van der Waals surface area (Å²) >= 11 is 0. The van der Waals surface area contributed by atoms with Crippen molar-refractivity contribution in [2.75, 3.05) is 40.5 Å². The molecule has 2 aromatic heterocycles. The summed E-state index contributed by atoms with van der Waals surface area (Å²) in [4.78, 5) is 71.8. The van der Waals surface area contributed by atoms with Gasteiger partial charge in [0.15, 0.2) is 0 Å². The van der Waals surface area contributed by atoms with Crippen LogP contribution < -0.4 is 20.1 Å². The number of aromatic nitrogens is 4. The smallest absolute Gasteiger partial charge is 0.407 e. The summed E-state index contributed by atoms with van der Waals surface area (Å²) in [7, 11) is 2.58. The van der Waals surface area contributed by atoms with Crippen LogP contribution in [0.3, 0.4) is 0 Å². The number of imidazole rings is 2. The number of nitrogens with zero attached hydrogens (tertiary/aromatic N) is 4. The van der Waals surface area contributed by atoms with Crippen molar-refractivity contribution >= 4 is 24.0 Å². The number of aromatic amines is 2. The van der Waals surface area contributed by atoms with Gasteiger partial charge in [-0.3, -0.25) is 9.59 Å². The second-order valence-corrected chi connectivity index (χ2v) is 16.6. The van der Waals surface area contributed by atoms with Crippen molar-refractivity contribution in [3.8, 4) is 45.1 Å².